The second-order valence-corrected chi connectivity index (χ2v) is 4.13. The van der Waals surface area contributed by atoms with Crippen LogP contribution >= 0.6 is 0 Å². The zero-order valence-electron chi connectivity index (χ0n) is 11.1. The lowest BCUT2D eigenvalue weighted by Crippen LogP contribution is -2.13. The van der Waals surface area contributed by atoms with Gasteiger partial charge < -0.3 is 9.84 Å². The van der Waals surface area contributed by atoms with E-state index in [1.165, 1.54) is 18.6 Å². The molecule has 0 aliphatic carbocycles. The van der Waals surface area contributed by atoms with Crippen LogP contribution < -0.4 is 5.32 Å². The monoisotopic (exact) mass is 292 g/mol. The maximum Gasteiger partial charge on any atom is 0.316 e. The van der Waals surface area contributed by atoms with Gasteiger partial charge in [-0.2, -0.15) is 10.2 Å². The average molecular weight is 292 g/mol. The molecule has 2 heterocycles. The minimum absolute atomic E-state index is 0.159. The number of para-hydroxylation sites is 1. The Hall–Kier alpha value is -3.60. The maximum absolute atomic E-state index is 12.1. The van der Waals surface area contributed by atoms with Crippen molar-refractivity contribution in [3.63, 3.8) is 0 Å². The number of aromatic nitrogens is 4. The summed E-state index contributed by atoms with van der Waals surface area (Å²) in [6.07, 6.45) is 4.45. The molecule has 1 N–H and O–H groups in total. The molecule has 0 saturated heterocycles. The van der Waals surface area contributed by atoms with Crippen LogP contribution in [0.3, 0.4) is 0 Å². The Labute approximate surface area is 124 Å². The summed E-state index contributed by atoms with van der Waals surface area (Å²) in [6, 6.07) is 8.59. The Balaban J connectivity index is 1.82. The summed E-state index contributed by atoms with van der Waals surface area (Å²) in [7, 11) is 0. The van der Waals surface area contributed by atoms with Gasteiger partial charge in [-0.3, -0.25) is 9.78 Å². The van der Waals surface area contributed by atoms with Gasteiger partial charge in [0.25, 0.3) is 0 Å². The van der Waals surface area contributed by atoms with Crippen molar-refractivity contribution in [3.8, 4) is 17.6 Å². The standard InChI is InChI=1S/C14H8N6O2/c15-7-9-3-1-2-4-10(9)18-13(21)14-19-12(20-22-14)11-8-16-5-6-17-11/h1-6,8H,(H,18,21). The highest BCUT2D eigenvalue weighted by molar-refractivity contribution is 6.01. The van der Waals surface area contributed by atoms with Crippen molar-refractivity contribution in [1.82, 2.24) is 20.1 Å². The van der Waals surface area contributed by atoms with Gasteiger partial charge in [0.15, 0.2) is 0 Å². The molecule has 0 aliphatic rings. The number of amides is 1. The van der Waals surface area contributed by atoms with E-state index in [2.05, 4.69) is 25.4 Å². The topological polar surface area (TPSA) is 118 Å². The summed E-state index contributed by atoms with van der Waals surface area (Å²) in [5.74, 6) is -0.675. The summed E-state index contributed by atoms with van der Waals surface area (Å²) < 4.78 is 4.90. The van der Waals surface area contributed by atoms with Crippen molar-refractivity contribution in [1.29, 1.82) is 5.26 Å². The molecular formula is C14H8N6O2. The zero-order chi connectivity index (χ0) is 15.4. The van der Waals surface area contributed by atoms with Crippen molar-refractivity contribution < 1.29 is 9.32 Å². The van der Waals surface area contributed by atoms with Crippen molar-refractivity contribution >= 4 is 11.6 Å². The first kappa shape index (κ1) is 13.4. The van der Waals surface area contributed by atoms with E-state index in [0.717, 1.165) is 0 Å². The number of anilines is 1. The summed E-state index contributed by atoms with van der Waals surface area (Å²) in [6.45, 7) is 0. The molecule has 0 bridgehead atoms. The van der Waals surface area contributed by atoms with Crippen LogP contribution in [-0.2, 0) is 0 Å². The van der Waals surface area contributed by atoms with Crippen LogP contribution in [0.15, 0.2) is 47.4 Å². The lowest BCUT2D eigenvalue weighted by Gasteiger charge is -2.03. The highest BCUT2D eigenvalue weighted by Crippen LogP contribution is 2.16. The fourth-order valence-electron chi connectivity index (χ4n) is 1.70. The minimum Gasteiger partial charge on any atom is -0.328 e. The first-order valence-corrected chi connectivity index (χ1v) is 6.18. The van der Waals surface area contributed by atoms with Crippen molar-refractivity contribution in [3.05, 3.63) is 54.3 Å². The zero-order valence-corrected chi connectivity index (χ0v) is 11.1. The number of rotatable bonds is 3. The first-order valence-electron chi connectivity index (χ1n) is 6.18. The molecule has 0 unspecified atom stereocenters. The molecule has 1 amide bonds. The second-order valence-electron chi connectivity index (χ2n) is 4.13. The first-order chi connectivity index (χ1) is 10.8. The molecule has 0 radical (unpaired) electrons. The molecule has 2 aromatic heterocycles. The van der Waals surface area contributed by atoms with E-state index < -0.39 is 5.91 Å². The van der Waals surface area contributed by atoms with Crippen LogP contribution in [0.5, 0.6) is 0 Å². The van der Waals surface area contributed by atoms with E-state index in [9.17, 15) is 4.79 Å². The third-order valence-electron chi connectivity index (χ3n) is 2.71. The smallest absolute Gasteiger partial charge is 0.316 e. The van der Waals surface area contributed by atoms with Gasteiger partial charge in [-0.25, -0.2) is 4.98 Å². The number of nitrogens with zero attached hydrogens (tertiary/aromatic N) is 5. The molecular weight excluding hydrogens is 284 g/mol. The van der Waals surface area contributed by atoms with E-state index in [1.807, 2.05) is 6.07 Å². The van der Waals surface area contributed by atoms with Gasteiger partial charge in [-0.1, -0.05) is 17.3 Å². The summed E-state index contributed by atoms with van der Waals surface area (Å²) >= 11 is 0. The molecule has 8 nitrogen and oxygen atoms in total. The van der Waals surface area contributed by atoms with Crippen LogP contribution in [0.1, 0.15) is 16.2 Å². The Kier molecular flexibility index (Phi) is 3.53. The van der Waals surface area contributed by atoms with Crippen molar-refractivity contribution in [2.24, 2.45) is 0 Å². The molecule has 22 heavy (non-hydrogen) atoms. The summed E-state index contributed by atoms with van der Waals surface area (Å²) in [5, 5.41) is 15.2. The Morgan fingerprint density at radius 1 is 1.27 bits per heavy atom. The molecule has 0 atom stereocenters. The predicted molar refractivity (Wildman–Crippen MR) is 74.4 cm³/mol. The Morgan fingerprint density at radius 3 is 2.91 bits per heavy atom. The summed E-state index contributed by atoms with van der Waals surface area (Å²) in [5.41, 5.74) is 1.10. The highest BCUT2D eigenvalue weighted by atomic mass is 16.5. The van der Waals surface area contributed by atoms with Gasteiger partial charge in [-0.15, -0.1) is 0 Å². The third-order valence-corrected chi connectivity index (χ3v) is 2.71. The second kappa shape index (κ2) is 5.80. The Morgan fingerprint density at radius 2 is 2.14 bits per heavy atom. The molecule has 1 aromatic carbocycles. The van der Waals surface area contributed by atoms with E-state index in [-0.39, 0.29) is 11.7 Å². The number of benzene rings is 1. The van der Waals surface area contributed by atoms with E-state index >= 15 is 0 Å². The van der Waals surface area contributed by atoms with Crippen LogP contribution in [0, 0.1) is 11.3 Å². The van der Waals surface area contributed by atoms with E-state index in [4.69, 9.17) is 9.78 Å². The summed E-state index contributed by atoms with van der Waals surface area (Å²) in [4.78, 5) is 23.9. The van der Waals surface area contributed by atoms with Crippen LogP contribution in [0.4, 0.5) is 5.69 Å². The predicted octanol–water partition coefficient (Wildman–Crippen LogP) is 1.65. The number of nitrogens with one attached hydrogen (secondary N) is 1. The van der Waals surface area contributed by atoms with E-state index in [0.29, 0.717) is 16.9 Å². The molecule has 3 rings (SSSR count). The quantitative estimate of drug-likeness (QED) is 0.779. The van der Waals surface area contributed by atoms with Crippen LogP contribution in [0.25, 0.3) is 11.5 Å². The van der Waals surface area contributed by atoms with Gasteiger partial charge in [0.05, 0.1) is 17.4 Å². The maximum atomic E-state index is 12.1. The van der Waals surface area contributed by atoms with Crippen molar-refractivity contribution in [2.45, 2.75) is 0 Å². The lowest BCUT2D eigenvalue weighted by atomic mass is 10.2. The highest BCUT2D eigenvalue weighted by Gasteiger charge is 2.18. The van der Waals surface area contributed by atoms with Crippen LogP contribution in [0.2, 0.25) is 0 Å². The molecule has 3 aromatic rings. The normalized spacial score (nSPS) is 9.95. The fraction of sp³-hybridized carbons (Fsp3) is 0. The average Bonchev–Trinajstić information content (AvgIpc) is 3.06. The van der Waals surface area contributed by atoms with Crippen LogP contribution in [-0.4, -0.2) is 26.0 Å². The minimum atomic E-state index is -0.606. The molecule has 8 heteroatoms. The van der Waals surface area contributed by atoms with E-state index in [1.54, 1.807) is 24.3 Å². The third kappa shape index (κ3) is 2.64. The lowest BCUT2D eigenvalue weighted by molar-refractivity contribution is 0.0981. The molecule has 0 spiro atoms. The number of hydrogen-bond donors (Lipinski definition) is 1. The SMILES string of the molecule is N#Cc1ccccc1NC(=O)c1nc(-c2cnccn2)no1. The van der Waals surface area contributed by atoms with Gasteiger partial charge in [0, 0.05) is 12.4 Å². The molecule has 0 saturated carbocycles. The van der Waals surface area contributed by atoms with Gasteiger partial charge >= 0.3 is 11.8 Å². The number of carbonyl (C=O) groups is 1. The molecule has 0 aliphatic heterocycles. The largest absolute Gasteiger partial charge is 0.328 e. The van der Waals surface area contributed by atoms with Crippen molar-refractivity contribution in [2.75, 3.05) is 5.32 Å². The fourth-order valence-corrected chi connectivity index (χ4v) is 1.70. The Bertz CT molecular complexity index is 853. The van der Waals surface area contributed by atoms with Gasteiger partial charge in [0.1, 0.15) is 11.8 Å². The van der Waals surface area contributed by atoms with Gasteiger partial charge in [0.2, 0.25) is 5.82 Å². The number of nitriles is 1. The number of hydrogen-bond acceptors (Lipinski definition) is 7. The van der Waals surface area contributed by atoms with Gasteiger partial charge in [-0.05, 0) is 12.1 Å². The molecule has 0 fully saturated rings. The number of carbonyl (C=O) groups excluding carboxylic acids is 1. The molecule has 106 valence electrons.